The number of rotatable bonds is 8. The predicted molar refractivity (Wildman–Crippen MR) is 109 cm³/mol. The van der Waals surface area contributed by atoms with E-state index in [4.69, 9.17) is 0 Å². The molecule has 1 N–H and O–H groups in total. The first kappa shape index (κ1) is 25.9. The smallest absolute Gasteiger partial charge is 0.406 e. The Bertz CT molecular complexity index is 891. The molecule has 2 rings (SSSR count). The normalized spacial score (nSPS) is 15.8. The zero-order valence-electron chi connectivity index (χ0n) is 17.9. The number of halogens is 3. The monoisotopic (exact) mass is 480 g/mol. The van der Waals surface area contributed by atoms with Crippen molar-refractivity contribution in [2.24, 2.45) is 0 Å². The molecule has 13 heteroatoms. The van der Waals surface area contributed by atoms with Gasteiger partial charge < -0.3 is 14.5 Å². The Morgan fingerprint density at radius 2 is 1.75 bits per heavy atom. The minimum absolute atomic E-state index is 0.0165. The number of benzene rings is 1. The highest BCUT2D eigenvalue weighted by Crippen LogP contribution is 2.23. The number of alkyl halides is 3. The van der Waals surface area contributed by atoms with Crippen molar-refractivity contribution in [1.29, 1.82) is 0 Å². The summed E-state index contributed by atoms with van der Waals surface area (Å²) in [6, 6.07) is 3.78. The second kappa shape index (κ2) is 11.0. The number of sulfonamides is 1. The van der Waals surface area contributed by atoms with Crippen molar-refractivity contribution in [3.05, 3.63) is 24.3 Å². The quantitative estimate of drug-likeness (QED) is 0.593. The van der Waals surface area contributed by atoms with E-state index in [1.165, 1.54) is 4.90 Å². The zero-order valence-corrected chi connectivity index (χ0v) is 18.7. The highest BCUT2D eigenvalue weighted by atomic mass is 32.2. The summed E-state index contributed by atoms with van der Waals surface area (Å²) in [5, 5.41) is 0. The Balaban J connectivity index is 1.82. The first-order chi connectivity index (χ1) is 14.9. The highest BCUT2D eigenvalue weighted by Gasteiger charge is 2.31. The topological polar surface area (TPSA) is 99.3 Å². The minimum Gasteiger partial charge on any atom is -0.406 e. The van der Waals surface area contributed by atoms with E-state index in [0.29, 0.717) is 32.6 Å². The number of ether oxygens (including phenoxy) is 1. The molecule has 0 saturated carbocycles. The summed E-state index contributed by atoms with van der Waals surface area (Å²) in [4.78, 5) is 29.2. The van der Waals surface area contributed by atoms with Crippen LogP contribution in [0, 0.1) is 0 Å². The summed E-state index contributed by atoms with van der Waals surface area (Å²) < 4.78 is 67.2. The molecule has 0 aromatic heterocycles. The first-order valence-corrected chi connectivity index (χ1v) is 11.4. The number of hydrogen-bond donors (Lipinski definition) is 1. The number of amides is 2. The zero-order chi connectivity index (χ0) is 23.9. The molecule has 0 atom stereocenters. The van der Waals surface area contributed by atoms with Crippen molar-refractivity contribution in [1.82, 2.24) is 19.4 Å². The van der Waals surface area contributed by atoms with E-state index >= 15 is 0 Å². The Hall–Kier alpha value is -2.38. The summed E-state index contributed by atoms with van der Waals surface area (Å²) >= 11 is 0. The molecule has 1 fully saturated rings. The molecule has 2 amide bonds. The van der Waals surface area contributed by atoms with Crippen LogP contribution in [0.4, 0.5) is 13.2 Å². The van der Waals surface area contributed by atoms with E-state index in [9.17, 15) is 31.2 Å². The van der Waals surface area contributed by atoms with Crippen molar-refractivity contribution in [2.45, 2.75) is 24.1 Å². The van der Waals surface area contributed by atoms with Gasteiger partial charge in [-0.05, 0) is 30.7 Å². The molecule has 1 heterocycles. The number of nitrogens with one attached hydrogen (secondary N) is 1. The summed E-state index contributed by atoms with van der Waals surface area (Å²) in [6.45, 7) is 2.31. The van der Waals surface area contributed by atoms with Gasteiger partial charge in [-0.2, -0.15) is 0 Å². The van der Waals surface area contributed by atoms with Crippen LogP contribution in [0.25, 0.3) is 0 Å². The van der Waals surface area contributed by atoms with Crippen LogP contribution in [-0.4, -0.2) is 94.7 Å². The summed E-state index contributed by atoms with van der Waals surface area (Å²) in [6.07, 6.45) is -4.24. The molecule has 1 aromatic rings. The van der Waals surface area contributed by atoms with Crippen LogP contribution in [0.2, 0.25) is 0 Å². The molecule has 9 nitrogen and oxygen atoms in total. The third-order valence-corrected chi connectivity index (χ3v) is 6.27. The van der Waals surface area contributed by atoms with Gasteiger partial charge in [-0.3, -0.25) is 14.5 Å². The Morgan fingerprint density at radius 1 is 1.09 bits per heavy atom. The van der Waals surface area contributed by atoms with E-state index in [1.54, 1.807) is 19.0 Å². The van der Waals surface area contributed by atoms with Crippen LogP contribution < -0.4 is 9.46 Å². The van der Waals surface area contributed by atoms with Gasteiger partial charge in [-0.15, -0.1) is 13.2 Å². The van der Waals surface area contributed by atoms with Crippen LogP contribution in [0.15, 0.2) is 29.2 Å². The van der Waals surface area contributed by atoms with Gasteiger partial charge >= 0.3 is 6.36 Å². The molecular formula is C19H27F3N4O5S. The molecule has 32 heavy (non-hydrogen) atoms. The van der Waals surface area contributed by atoms with E-state index in [2.05, 4.69) is 9.46 Å². The molecule has 0 radical (unpaired) electrons. The molecule has 0 spiro atoms. The van der Waals surface area contributed by atoms with Crippen molar-refractivity contribution >= 4 is 21.8 Å². The first-order valence-electron chi connectivity index (χ1n) is 9.93. The molecule has 0 unspecified atom stereocenters. The molecule has 1 aromatic carbocycles. The lowest BCUT2D eigenvalue weighted by Gasteiger charge is -2.22. The SMILES string of the molecule is CN(C)C(=O)CN1CCCN(C(=O)CCNS(=O)(=O)c2ccc(OC(F)(F)F)cc2)CC1. The Labute approximate surface area is 185 Å². The van der Waals surface area contributed by atoms with Gasteiger partial charge in [0.05, 0.1) is 11.4 Å². The van der Waals surface area contributed by atoms with Crippen LogP contribution >= 0.6 is 0 Å². The third kappa shape index (κ3) is 8.28. The van der Waals surface area contributed by atoms with Gasteiger partial charge in [0.2, 0.25) is 21.8 Å². The maximum Gasteiger partial charge on any atom is 0.573 e. The fraction of sp³-hybridized carbons (Fsp3) is 0.579. The van der Waals surface area contributed by atoms with Crippen molar-refractivity contribution < 1.29 is 35.9 Å². The lowest BCUT2D eigenvalue weighted by molar-refractivity contribution is -0.274. The molecule has 0 bridgehead atoms. The standard InChI is InChI=1S/C19H27F3N4O5S/c1-24(2)18(28)14-25-10-3-11-26(13-12-25)17(27)8-9-23-32(29,30)16-6-4-15(5-7-16)31-19(20,21)22/h4-7,23H,3,8-14H2,1-2H3. The number of carbonyl (C=O) groups is 2. The van der Waals surface area contributed by atoms with Gasteiger partial charge in [-0.1, -0.05) is 0 Å². The van der Waals surface area contributed by atoms with Crippen molar-refractivity contribution in [3.8, 4) is 5.75 Å². The number of hydrogen-bond acceptors (Lipinski definition) is 6. The second-order valence-corrected chi connectivity index (χ2v) is 9.23. The van der Waals surface area contributed by atoms with Gasteiger partial charge in [-0.25, -0.2) is 13.1 Å². The fourth-order valence-electron chi connectivity index (χ4n) is 3.07. The average Bonchev–Trinajstić information content (AvgIpc) is 2.92. The molecule has 180 valence electrons. The number of carbonyl (C=O) groups excluding carboxylic acids is 2. The second-order valence-electron chi connectivity index (χ2n) is 7.47. The molecular weight excluding hydrogens is 453 g/mol. The molecule has 1 saturated heterocycles. The van der Waals surface area contributed by atoms with Crippen LogP contribution in [0.1, 0.15) is 12.8 Å². The average molecular weight is 481 g/mol. The Morgan fingerprint density at radius 3 is 2.34 bits per heavy atom. The lowest BCUT2D eigenvalue weighted by Crippen LogP contribution is -2.40. The largest absolute Gasteiger partial charge is 0.573 e. The van der Waals surface area contributed by atoms with E-state index in [0.717, 1.165) is 24.3 Å². The minimum atomic E-state index is -4.87. The van der Waals surface area contributed by atoms with Gasteiger partial charge in [0, 0.05) is 53.2 Å². The van der Waals surface area contributed by atoms with Crippen molar-refractivity contribution in [2.75, 3.05) is 53.4 Å². The Kier molecular flexibility index (Phi) is 8.87. The van der Waals surface area contributed by atoms with Crippen LogP contribution in [0.3, 0.4) is 0 Å². The maximum atomic E-state index is 12.5. The summed E-state index contributed by atoms with van der Waals surface area (Å²) in [5.41, 5.74) is 0. The van der Waals surface area contributed by atoms with Crippen molar-refractivity contribution in [3.63, 3.8) is 0 Å². The highest BCUT2D eigenvalue weighted by molar-refractivity contribution is 7.89. The fourth-order valence-corrected chi connectivity index (χ4v) is 4.10. The lowest BCUT2D eigenvalue weighted by atomic mass is 10.3. The number of likely N-dealkylation sites (N-methyl/N-ethyl adjacent to an activating group) is 1. The molecule has 1 aliphatic rings. The summed E-state index contributed by atoms with van der Waals surface area (Å²) in [5.74, 6) is -0.770. The number of nitrogens with zero attached hydrogens (tertiary/aromatic N) is 3. The molecule has 1 aliphatic heterocycles. The predicted octanol–water partition coefficient (Wildman–Crippen LogP) is 0.876. The van der Waals surface area contributed by atoms with Crippen LogP contribution in [-0.2, 0) is 19.6 Å². The van der Waals surface area contributed by atoms with Gasteiger partial charge in [0.25, 0.3) is 0 Å². The maximum absolute atomic E-state index is 12.5. The van der Waals surface area contributed by atoms with Crippen LogP contribution in [0.5, 0.6) is 5.75 Å². The van der Waals surface area contributed by atoms with Gasteiger partial charge in [0.1, 0.15) is 5.75 Å². The van der Waals surface area contributed by atoms with E-state index < -0.39 is 22.1 Å². The van der Waals surface area contributed by atoms with E-state index in [1.807, 2.05) is 4.90 Å². The van der Waals surface area contributed by atoms with Gasteiger partial charge in [0.15, 0.2) is 0 Å². The van der Waals surface area contributed by atoms with E-state index in [-0.39, 0.29) is 36.2 Å². The summed E-state index contributed by atoms with van der Waals surface area (Å²) in [7, 11) is -0.628. The molecule has 0 aliphatic carbocycles. The third-order valence-electron chi connectivity index (χ3n) is 4.80.